The first-order valence-electron chi connectivity index (χ1n) is 10.4. The third-order valence-electron chi connectivity index (χ3n) is 6.30. The van der Waals surface area contributed by atoms with Crippen LogP contribution in [-0.2, 0) is 4.79 Å². The number of carbonyl (C=O) groups is 1. The smallest absolute Gasteiger partial charge is 0.203 e. The lowest BCUT2D eigenvalue weighted by Gasteiger charge is -2.34. The van der Waals surface area contributed by atoms with Crippen molar-refractivity contribution in [3.63, 3.8) is 0 Å². The molecule has 2 heterocycles. The van der Waals surface area contributed by atoms with Gasteiger partial charge in [0.15, 0.2) is 23.1 Å². The summed E-state index contributed by atoms with van der Waals surface area (Å²) in [4.78, 5) is 20.2. The number of Topliss-reactive ketones (excluding diaryl/α,β-unsaturated/α-hetero) is 1. The molecule has 0 radical (unpaired) electrons. The molecule has 2 aliphatic heterocycles. The van der Waals surface area contributed by atoms with E-state index in [-0.39, 0.29) is 11.2 Å². The van der Waals surface area contributed by atoms with Crippen molar-refractivity contribution in [3.8, 4) is 17.2 Å². The van der Waals surface area contributed by atoms with Crippen LogP contribution in [0.1, 0.15) is 39.0 Å². The largest absolute Gasteiger partial charge is 0.493 e. The topological polar surface area (TPSA) is 72.4 Å². The summed E-state index contributed by atoms with van der Waals surface area (Å²) in [6.45, 7) is 2.50. The van der Waals surface area contributed by atoms with Crippen LogP contribution in [0.3, 0.4) is 0 Å². The third kappa shape index (κ3) is 3.32. The molecule has 1 aromatic rings. The molecule has 1 aliphatic carbocycles. The molecule has 0 amide bonds. The van der Waals surface area contributed by atoms with E-state index in [2.05, 4.69) is 17.2 Å². The van der Waals surface area contributed by atoms with Crippen molar-refractivity contribution < 1.29 is 19.0 Å². The van der Waals surface area contributed by atoms with Crippen LogP contribution in [0.2, 0.25) is 0 Å². The molecule has 7 nitrogen and oxygen atoms in total. The summed E-state index contributed by atoms with van der Waals surface area (Å²) in [6.07, 6.45) is 9.01. The number of rotatable bonds is 6. The highest BCUT2D eigenvalue weighted by atomic mass is 16.5. The summed E-state index contributed by atoms with van der Waals surface area (Å²) in [5.41, 5.74) is 2.07. The Morgan fingerprint density at radius 2 is 1.73 bits per heavy atom. The molecular formula is C23H29N3O4. The number of fused-ring (bicyclic) bond motifs is 1. The van der Waals surface area contributed by atoms with Crippen LogP contribution in [0.25, 0.3) is 0 Å². The van der Waals surface area contributed by atoms with E-state index in [1.165, 1.54) is 6.42 Å². The van der Waals surface area contributed by atoms with Crippen molar-refractivity contribution in [2.75, 3.05) is 32.8 Å². The number of carbonyl (C=O) groups excluding carboxylic acids is 1. The van der Waals surface area contributed by atoms with Crippen molar-refractivity contribution in [1.82, 2.24) is 5.32 Å². The lowest BCUT2D eigenvalue weighted by Crippen LogP contribution is -2.37. The molecule has 4 rings (SSSR count). The molecule has 7 heteroatoms. The van der Waals surface area contributed by atoms with Crippen LogP contribution < -0.4 is 24.4 Å². The van der Waals surface area contributed by atoms with Gasteiger partial charge in [-0.3, -0.25) is 9.79 Å². The first-order valence-corrected chi connectivity index (χ1v) is 10.4. The third-order valence-corrected chi connectivity index (χ3v) is 6.30. The Kier molecular flexibility index (Phi) is 5.45. The van der Waals surface area contributed by atoms with E-state index in [0.29, 0.717) is 29.6 Å². The summed E-state index contributed by atoms with van der Waals surface area (Å²) < 4.78 is 16.5. The van der Waals surface area contributed by atoms with E-state index in [0.717, 1.165) is 42.6 Å². The Hall–Kier alpha value is -2.96. The first-order chi connectivity index (χ1) is 14.5. The van der Waals surface area contributed by atoms with E-state index in [4.69, 9.17) is 14.2 Å². The van der Waals surface area contributed by atoms with Crippen LogP contribution in [-0.4, -0.2) is 39.5 Å². The fourth-order valence-electron chi connectivity index (χ4n) is 4.61. The SMILES string of the molecule is COc1cc(N2C=CNC3=NCC(C(=O)C4(C)CCCCC4)=C32)cc(OC)c1OC. The molecule has 0 atom stereocenters. The zero-order valence-electron chi connectivity index (χ0n) is 18.1. The van der Waals surface area contributed by atoms with Gasteiger partial charge in [-0.1, -0.05) is 26.2 Å². The van der Waals surface area contributed by atoms with Crippen LogP contribution in [0.5, 0.6) is 17.2 Å². The van der Waals surface area contributed by atoms with Crippen molar-refractivity contribution in [1.29, 1.82) is 0 Å². The maximum absolute atomic E-state index is 13.6. The Morgan fingerprint density at radius 1 is 1.07 bits per heavy atom. The van der Waals surface area contributed by atoms with Gasteiger partial charge in [-0.15, -0.1) is 0 Å². The van der Waals surface area contributed by atoms with Crippen LogP contribution >= 0.6 is 0 Å². The van der Waals surface area contributed by atoms with Gasteiger partial charge in [0.05, 0.1) is 39.3 Å². The summed E-state index contributed by atoms with van der Waals surface area (Å²) in [5, 5.41) is 3.19. The van der Waals surface area contributed by atoms with Gasteiger partial charge in [0.2, 0.25) is 5.75 Å². The molecule has 1 fully saturated rings. The van der Waals surface area contributed by atoms with E-state index in [1.54, 1.807) is 21.3 Å². The number of nitrogens with one attached hydrogen (secondary N) is 1. The number of ether oxygens (including phenoxy) is 3. The van der Waals surface area contributed by atoms with Crippen molar-refractivity contribution in [2.24, 2.45) is 10.4 Å². The van der Waals surface area contributed by atoms with Crippen molar-refractivity contribution in [3.05, 3.63) is 35.8 Å². The highest BCUT2D eigenvalue weighted by molar-refractivity contribution is 6.15. The number of aliphatic imine (C=N–C) groups is 1. The van der Waals surface area contributed by atoms with Gasteiger partial charge in [0.1, 0.15) is 0 Å². The second-order valence-corrected chi connectivity index (χ2v) is 8.16. The maximum atomic E-state index is 13.6. The van der Waals surface area contributed by atoms with Gasteiger partial charge in [0, 0.05) is 35.5 Å². The Morgan fingerprint density at radius 3 is 2.33 bits per heavy atom. The molecule has 0 saturated heterocycles. The highest BCUT2D eigenvalue weighted by Crippen LogP contribution is 2.44. The minimum absolute atomic E-state index is 0.213. The van der Waals surface area contributed by atoms with Gasteiger partial charge in [0.25, 0.3) is 0 Å². The predicted molar refractivity (Wildman–Crippen MR) is 116 cm³/mol. The van der Waals surface area contributed by atoms with E-state index >= 15 is 0 Å². The molecule has 1 N–H and O–H groups in total. The quantitative estimate of drug-likeness (QED) is 0.768. The lowest BCUT2D eigenvalue weighted by molar-refractivity contribution is -0.125. The van der Waals surface area contributed by atoms with Crippen molar-refractivity contribution >= 4 is 17.3 Å². The molecule has 3 aliphatic rings. The summed E-state index contributed by atoms with van der Waals surface area (Å²) >= 11 is 0. The number of anilines is 1. The predicted octanol–water partition coefficient (Wildman–Crippen LogP) is 3.80. The van der Waals surface area contributed by atoms with Gasteiger partial charge in [-0.25, -0.2) is 0 Å². The monoisotopic (exact) mass is 411 g/mol. The number of nitrogens with zero attached hydrogens (tertiary/aromatic N) is 2. The highest BCUT2D eigenvalue weighted by Gasteiger charge is 2.40. The number of benzene rings is 1. The van der Waals surface area contributed by atoms with Crippen LogP contribution in [0.4, 0.5) is 5.69 Å². The fourth-order valence-corrected chi connectivity index (χ4v) is 4.61. The minimum Gasteiger partial charge on any atom is -0.493 e. The molecule has 1 saturated carbocycles. The van der Waals surface area contributed by atoms with Gasteiger partial charge in [-0.05, 0) is 12.8 Å². The average molecular weight is 412 g/mol. The fraction of sp³-hybridized carbons (Fsp3) is 0.478. The number of hydrogen-bond acceptors (Lipinski definition) is 7. The Balaban J connectivity index is 1.79. The first kappa shape index (κ1) is 20.3. The maximum Gasteiger partial charge on any atom is 0.203 e. The second kappa shape index (κ2) is 8.05. The standard InChI is InChI=1S/C23H29N3O4/c1-23(8-6-5-7-9-23)21(27)16-14-25-22-19(16)26(11-10-24-22)15-12-17(28-2)20(30-4)18(13-15)29-3/h10-13H,5-9,14H2,1-4H3,(H,24,25). The number of hydrogen-bond donors (Lipinski definition) is 1. The van der Waals surface area contributed by atoms with Crippen molar-refractivity contribution in [2.45, 2.75) is 39.0 Å². The molecule has 0 aromatic heterocycles. The van der Waals surface area contributed by atoms with Gasteiger partial charge >= 0.3 is 0 Å². The Bertz CT molecular complexity index is 917. The van der Waals surface area contributed by atoms with Gasteiger partial charge in [-0.2, -0.15) is 0 Å². The molecular weight excluding hydrogens is 382 g/mol. The minimum atomic E-state index is -0.312. The van der Waals surface area contributed by atoms with Crippen LogP contribution in [0.15, 0.2) is 40.8 Å². The summed E-state index contributed by atoms with van der Waals surface area (Å²) in [6, 6.07) is 3.76. The molecule has 160 valence electrons. The zero-order chi connectivity index (χ0) is 21.3. The van der Waals surface area contributed by atoms with E-state index in [1.807, 2.05) is 29.4 Å². The second-order valence-electron chi connectivity index (χ2n) is 8.16. The molecule has 30 heavy (non-hydrogen) atoms. The zero-order valence-corrected chi connectivity index (χ0v) is 18.1. The molecule has 0 unspecified atom stereocenters. The van der Waals surface area contributed by atoms with Gasteiger partial charge < -0.3 is 24.4 Å². The average Bonchev–Trinajstić information content (AvgIpc) is 3.22. The summed E-state index contributed by atoms with van der Waals surface area (Å²) in [5.74, 6) is 2.58. The summed E-state index contributed by atoms with van der Waals surface area (Å²) in [7, 11) is 4.77. The number of methoxy groups -OCH3 is 3. The van der Waals surface area contributed by atoms with Crippen LogP contribution in [0, 0.1) is 5.41 Å². The lowest BCUT2D eigenvalue weighted by atomic mass is 9.70. The normalized spacial score (nSPS) is 19.7. The molecule has 0 spiro atoms. The number of ketones is 1. The number of amidine groups is 1. The van der Waals surface area contributed by atoms with E-state index in [9.17, 15) is 4.79 Å². The Labute approximate surface area is 177 Å². The molecule has 0 bridgehead atoms. The molecule has 1 aromatic carbocycles. The van der Waals surface area contributed by atoms with E-state index < -0.39 is 0 Å².